The molecule has 2 N–H and O–H groups in total. The van der Waals surface area contributed by atoms with Crippen LogP contribution in [-0.2, 0) is 16.8 Å². The standard InChI is InChI=1S/C33H32N2O4/c1-21-10-12-28(22(2)16-21)32(25-8-6-5-7-9-25)34-31(36)19-24-11-13-29-26(18-24)20-30(39-29)33(4,37)27-14-15-35(38)23(3)17-27/h5-18,20,32,37H,19H2,1-4H3,(H,34,36). The van der Waals surface area contributed by atoms with Gasteiger partial charge in [0.1, 0.15) is 16.9 Å². The summed E-state index contributed by atoms with van der Waals surface area (Å²) < 4.78 is 6.73. The van der Waals surface area contributed by atoms with Crippen LogP contribution in [0.25, 0.3) is 11.0 Å². The molecule has 2 atom stereocenters. The summed E-state index contributed by atoms with van der Waals surface area (Å²) in [5, 5.41) is 27.0. The molecule has 0 fully saturated rings. The summed E-state index contributed by atoms with van der Waals surface area (Å²) in [6.45, 7) is 7.45. The number of amides is 1. The molecule has 0 saturated heterocycles. The summed E-state index contributed by atoms with van der Waals surface area (Å²) in [7, 11) is 0. The van der Waals surface area contributed by atoms with E-state index in [-0.39, 0.29) is 18.4 Å². The van der Waals surface area contributed by atoms with Crippen LogP contribution in [0.1, 0.15) is 57.8 Å². The maximum absolute atomic E-state index is 13.3. The number of carbonyl (C=O) groups excluding carboxylic acids is 1. The third-order valence-electron chi connectivity index (χ3n) is 7.26. The summed E-state index contributed by atoms with van der Waals surface area (Å²) >= 11 is 0. The molecule has 2 heterocycles. The fourth-order valence-electron chi connectivity index (χ4n) is 5.02. The minimum absolute atomic E-state index is 0.0930. The van der Waals surface area contributed by atoms with Crippen molar-refractivity contribution in [1.29, 1.82) is 0 Å². The Morgan fingerprint density at radius 2 is 1.77 bits per heavy atom. The second kappa shape index (κ2) is 10.4. The SMILES string of the molecule is Cc1ccc(C(NC(=O)Cc2ccc3oc(C(C)(O)c4cc[n+]([O-])c(C)c4)cc3c2)c2ccccc2)c(C)c1. The summed E-state index contributed by atoms with van der Waals surface area (Å²) in [6.07, 6.45) is 1.57. The lowest BCUT2D eigenvalue weighted by molar-refractivity contribution is -0.612. The zero-order chi connectivity index (χ0) is 27.7. The van der Waals surface area contributed by atoms with Crippen LogP contribution < -0.4 is 10.0 Å². The number of aromatic nitrogens is 1. The number of nitrogens with one attached hydrogen (secondary N) is 1. The van der Waals surface area contributed by atoms with Crippen LogP contribution in [0.2, 0.25) is 0 Å². The molecule has 0 radical (unpaired) electrons. The molecule has 6 heteroatoms. The van der Waals surface area contributed by atoms with Gasteiger partial charge >= 0.3 is 0 Å². The van der Waals surface area contributed by atoms with E-state index in [1.165, 1.54) is 11.8 Å². The minimum atomic E-state index is -1.43. The Balaban J connectivity index is 1.39. The Kier molecular flexibility index (Phi) is 6.98. The van der Waals surface area contributed by atoms with Crippen molar-refractivity contribution in [3.63, 3.8) is 0 Å². The highest BCUT2D eigenvalue weighted by molar-refractivity contribution is 5.83. The predicted molar refractivity (Wildman–Crippen MR) is 151 cm³/mol. The molecule has 6 nitrogen and oxygen atoms in total. The molecule has 198 valence electrons. The fraction of sp³-hybridized carbons (Fsp3) is 0.212. The highest BCUT2D eigenvalue weighted by Crippen LogP contribution is 2.34. The summed E-state index contributed by atoms with van der Waals surface area (Å²) in [6, 6.07) is 26.6. The van der Waals surface area contributed by atoms with Gasteiger partial charge in [0.2, 0.25) is 5.91 Å². The minimum Gasteiger partial charge on any atom is -0.619 e. The van der Waals surface area contributed by atoms with Crippen molar-refractivity contribution in [2.75, 3.05) is 0 Å². The van der Waals surface area contributed by atoms with Crippen molar-refractivity contribution in [1.82, 2.24) is 5.32 Å². The van der Waals surface area contributed by atoms with E-state index in [2.05, 4.69) is 37.4 Å². The number of pyridine rings is 1. The number of furan rings is 1. The molecule has 2 unspecified atom stereocenters. The van der Waals surface area contributed by atoms with E-state index in [1.54, 1.807) is 32.0 Å². The Hall–Kier alpha value is -4.42. The maximum atomic E-state index is 13.3. The van der Waals surface area contributed by atoms with Crippen LogP contribution in [0.3, 0.4) is 0 Å². The van der Waals surface area contributed by atoms with E-state index in [9.17, 15) is 15.1 Å². The van der Waals surface area contributed by atoms with Crippen LogP contribution in [0.15, 0.2) is 95.5 Å². The first-order valence-electron chi connectivity index (χ1n) is 13.0. The molecular weight excluding hydrogens is 488 g/mol. The van der Waals surface area contributed by atoms with E-state index in [0.29, 0.717) is 22.6 Å². The van der Waals surface area contributed by atoms with Crippen molar-refractivity contribution in [3.8, 4) is 0 Å². The summed E-state index contributed by atoms with van der Waals surface area (Å²) in [5.74, 6) is 0.269. The highest BCUT2D eigenvalue weighted by atomic mass is 16.5. The summed E-state index contributed by atoms with van der Waals surface area (Å²) in [5.41, 5.74) is 5.45. The smallest absolute Gasteiger partial charge is 0.225 e. The molecular formula is C33H32N2O4. The number of hydrogen-bond donors (Lipinski definition) is 2. The molecule has 39 heavy (non-hydrogen) atoms. The first-order valence-corrected chi connectivity index (χ1v) is 13.0. The predicted octanol–water partition coefficient (Wildman–Crippen LogP) is 5.70. The lowest BCUT2D eigenvalue weighted by atomic mass is 9.93. The van der Waals surface area contributed by atoms with Gasteiger partial charge in [0.15, 0.2) is 11.9 Å². The third-order valence-corrected chi connectivity index (χ3v) is 7.26. The van der Waals surface area contributed by atoms with E-state index >= 15 is 0 Å². The molecule has 1 amide bonds. The average molecular weight is 521 g/mol. The molecule has 0 aliphatic rings. The Labute approximate surface area is 228 Å². The maximum Gasteiger partial charge on any atom is 0.225 e. The molecule has 0 aliphatic carbocycles. The molecule has 3 aromatic carbocycles. The first-order chi connectivity index (χ1) is 18.6. The fourth-order valence-corrected chi connectivity index (χ4v) is 5.02. The van der Waals surface area contributed by atoms with Gasteiger partial charge in [-0.2, -0.15) is 4.73 Å². The van der Waals surface area contributed by atoms with Gasteiger partial charge in [-0.05, 0) is 61.2 Å². The van der Waals surface area contributed by atoms with Gasteiger partial charge in [-0.15, -0.1) is 0 Å². The number of aryl methyl sites for hydroxylation is 3. The zero-order valence-electron chi connectivity index (χ0n) is 22.6. The number of benzene rings is 3. The van der Waals surface area contributed by atoms with Gasteiger partial charge in [-0.3, -0.25) is 4.79 Å². The van der Waals surface area contributed by atoms with Crippen LogP contribution in [0, 0.1) is 26.0 Å². The Bertz CT molecular complexity index is 1650. The van der Waals surface area contributed by atoms with Gasteiger partial charge in [-0.25, -0.2) is 0 Å². The van der Waals surface area contributed by atoms with E-state index in [1.807, 2.05) is 48.5 Å². The molecule has 0 saturated carbocycles. The first kappa shape index (κ1) is 26.2. The number of rotatable bonds is 7. The van der Waals surface area contributed by atoms with Crippen LogP contribution in [-0.4, -0.2) is 11.0 Å². The van der Waals surface area contributed by atoms with Crippen molar-refractivity contribution < 1.29 is 19.0 Å². The summed E-state index contributed by atoms with van der Waals surface area (Å²) in [4.78, 5) is 13.3. The number of fused-ring (bicyclic) bond motifs is 1. The van der Waals surface area contributed by atoms with E-state index in [4.69, 9.17) is 4.42 Å². The quantitative estimate of drug-likeness (QED) is 0.213. The normalized spacial score (nSPS) is 13.7. The number of nitrogens with zero attached hydrogens (tertiary/aromatic N) is 1. The van der Waals surface area contributed by atoms with Gasteiger partial charge in [0.05, 0.1) is 12.5 Å². The molecule has 0 spiro atoms. The third kappa shape index (κ3) is 5.42. The molecule has 5 rings (SSSR count). The van der Waals surface area contributed by atoms with Crippen molar-refractivity contribution in [3.05, 3.63) is 141 Å². The van der Waals surface area contributed by atoms with Crippen molar-refractivity contribution in [2.45, 2.75) is 45.8 Å². The van der Waals surface area contributed by atoms with Gasteiger partial charge < -0.3 is 20.0 Å². The lowest BCUT2D eigenvalue weighted by Crippen LogP contribution is -2.31. The van der Waals surface area contributed by atoms with Gasteiger partial charge in [0.25, 0.3) is 0 Å². The molecule has 2 aromatic heterocycles. The van der Waals surface area contributed by atoms with E-state index < -0.39 is 5.60 Å². The average Bonchev–Trinajstić information content (AvgIpc) is 3.34. The van der Waals surface area contributed by atoms with Crippen LogP contribution in [0.4, 0.5) is 0 Å². The Morgan fingerprint density at radius 3 is 2.49 bits per heavy atom. The zero-order valence-corrected chi connectivity index (χ0v) is 22.6. The second-order valence-electron chi connectivity index (χ2n) is 10.4. The second-order valence-corrected chi connectivity index (χ2v) is 10.4. The van der Waals surface area contributed by atoms with Gasteiger partial charge in [-0.1, -0.05) is 60.2 Å². The molecule has 0 bridgehead atoms. The van der Waals surface area contributed by atoms with Gasteiger partial charge in [0, 0.05) is 30.0 Å². The lowest BCUT2D eigenvalue weighted by Gasteiger charge is -2.22. The Morgan fingerprint density at radius 1 is 1.00 bits per heavy atom. The van der Waals surface area contributed by atoms with Crippen molar-refractivity contribution >= 4 is 16.9 Å². The molecule has 5 aromatic rings. The number of carbonyl (C=O) groups is 1. The van der Waals surface area contributed by atoms with Crippen LogP contribution >= 0.6 is 0 Å². The highest BCUT2D eigenvalue weighted by Gasteiger charge is 2.31. The topological polar surface area (TPSA) is 89.4 Å². The van der Waals surface area contributed by atoms with E-state index in [0.717, 1.165) is 32.4 Å². The molecule has 0 aliphatic heterocycles. The van der Waals surface area contributed by atoms with Crippen LogP contribution in [0.5, 0.6) is 0 Å². The number of hydrogen-bond acceptors (Lipinski definition) is 4. The van der Waals surface area contributed by atoms with Crippen molar-refractivity contribution in [2.24, 2.45) is 0 Å². The monoisotopic (exact) mass is 520 g/mol. The largest absolute Gasteiger partial charge is 0.619 e. The number of aliphatic hydroxyl groups is 1.